The molecule has 1 aliphatic carbocycles. The van der Waals surface area contributed by atoms with Gasteiger partial charge in [-0.05, 0) is 42.7 Å². The zero-order chi connectivity index (χ0) is 27.1. The van der Waals surface area contributed by atoms with Crippen LogP contribution in [0.15, 0.2) is 47.6 Å². The quantitative estimate of drug-likeness (QED) is 0.441. The van der Waals surface area contributed by atoms with Crippen LogP contribution in [0.5, 0.6) is 17.2 Å². The van der Waals surface area contributed by atoms with Crippen molar-refractivity contribution in [3.63, 3.8) is 0 Å². The van der Waals surface area contributed by atoms with Crippen molar-refractivity contribution in [2.24, 2.45) is 11.0 Å². The maximum atomic E-state index is 13.8. The average molecular weight is 524 g/mol. The number of hydrogen-bond donors (Lipinski definition) is 0. The standard InChI is InChI=1S/C29H37N3O6/c1-35-16-15-31(29(34)21-7-5-6-8-21)19-28(33)32-26(20-9-11-22(36-2)12-10-20)18-25(30-32)24-14-13-23(37-3)17-27(24)38-4/h9-14,17,21,26H,5-8,15-16,18-19H2,1-4H3. The van der Waals surface area contributed by atoms with E-state index in [0.717, 1.165) is 48.3 Å². The molecule has 9 nitrogen and oxygen atoms in total. The topological polar surface area (TPSA) is 89.9 Å². The molecule has 0 saturated heterocycles. The fourth-order valence-corrected chi connectivity index (χ4v) is 5.16. The van der Waals surface area contributed by atoms with Crippen LogP contribution >= 0.6 is 0 Å². The number of hydrogen-bond acceptors (Lipinski definition) is 7. The summed E-state index contributed by atoms with van der Waals surface area (Å²) in [5.74, 6) is 1.77. The van der Waals surface area contributed by atoms with E-state index in [-0.39, 0.29) is 30.3 Å². The fraction of sp³-hybridized carbons (Fsp3) is 0.483. The molecule has 1 unspecified atom stereocenters. The molecule has 1 fully saturated rings. The van der Waals surface area contributed by atoms with Crippen molar-refractivity contribution in [1.82, 2.24) is 9.91 Å². The summed E-state index contributed by atoms with van der Waals surface area (Å²) < 4.78 is 21.5. The lowest BCUT2D eigenvalue weighted by atomic mass is 9.97. The molecule has 1 atom stereocenters. The van der Waals surface area contributed by atoms with E-state index in [2.05, 4.69) is 0 Å². The van der Waals surface area contributed by atoms with Crippen LogP contribution in [0.25, 0.3) is 0 Å². The van der Waals surface area contributed by atoms with Gasteiger partial charge in [0.15, 0.2) is 0 Å². The van der Waals surface area contributed by atoms with E-state index in [1.165, 1.54) is 5.01 Å². The van der Waals surface area contributed by atoms with Crippen molar-refractivity contribution in [2.75, 3.05) is 48.1 Å². The minimum atomic E-state index is -0.332. The Morgan fingerprint density at radius 1 is 0.947 bits per heavy atom. The van der Waals surface area contributed by atoms with Crippen LogP contribution in [-0.4, -0.2) is 75.6 Å². The van der Waals surface area contributed by atoms with Crippen LogP contribution in [-0.2, 0) is 14.3 Å². The molecule has 4 rings (SSSR count). The second-order valence-corrected chi connectivity index (χ2v) is 9.58. The number of ether oxygens (including phenoxy) is 4. The number of benzene rings is 2. The lowest BCUT2D eigenvalue weighted by Crippen LogP contribution is -2.44. The molecule has 38 heavy (non-hydrogen) atoms. The molecule has 1 heterocycles. The summed E-state index contributed by atoms with van der Waals surface area (Å²) in [6.07, 6.45) is 4.33. The number of carbonyl (C=O) groups is 2. The minimum Gasteiger partial charge on any atom is -0.497 e. The predicted octanol–water partition coefficient (Wildman–Crippen LogP) is 4.06. The summed E-state index contributed by atoms with van der Waals surface area (Å²) in [7, 11) is 6.41. The van der Waals surface area contributed by atoms with Crippen molar-refractivity contribution >= 4 is 17.5 Å². The zero-order valence-electron chi connectivity index (χ0n) is 22.6. The first-order chi connectivity index (χ1) is 18.5. The largest absolute Gasteiger partial charge is 0.497 e. The highest BCUT2D eigenvalue weighted by Crippen LogP contribution is 2.37. The lowest BCUT2D eigenvalue weighted by molar-refractivity contribution is -0.144. The second kappa shape index (κ2) is 12.8. The Morgan fingerprint density at radius 2 is 1.63 bits per heavy atom. The van der Waals surface area contributed by atoms with Gasteiger partial charge in [-0.2, -0.15) is 5.10 Å². The highest BCUT2D eigenvalue weighted by atomic mass is 16.5. The van der Waals surface area contributed by atoms with Crippen molar-refractivity contribution < 1.29 is 28.5 Å². The third kappa shape index (κ3) is 6.10. The van der Waals surface area contributed by atoms with Gasteiger partial charge in [0, 0.05) is 37.6 Å². The first kappa shape index (κ1) is 27.4. The summed E-state index contributed by atoms with van der Waals surface area (Å²) in [6.45, 7) is 0.675. The zero-order valence-corrected chi connectivity index (χ0v) is 22.6. The third-order valence-corrected chi connectivity index (χ3v) is 7.29. The molecule has 0 bridgehead atoms. The van der Waals surface area contributed by atoms with E-state index in [4.69, 9.17) is 24.0 Å². The van der Waals surface area contributed by atoms with E-state index in [1.54, 1.807) is 39.4 Å². The Balaban J connectivity index is 1.64. The molecule has 1 saturated carbocycles. The Kier molecular flexibility index (Phi) is 9.23. The van der Waals surface area contributed by atoms with Crippen molar-refractivity contribution in [2.45, 2.75) is 38.1 Å². The van der Waals surface area contributed by atoms with E-state index in [0.29, 0.717) is 31.1 Å². The molecule has 2 aromatic carbocycles. The normalized spacial score (nSPS) is 17.3. The maximum absolute atomic E-state index is 13.8. The van der Waals surface area contributed by atoms with Crippen LogP contribution in [0, 0.1) is 5.92 Å². The van der Waals surface area contributed by atoms with Gasteiger partial charge in [-0.1, -0.05) is 25.0 Å². The monoisotopic (exact) mass is 523 g/mol. The van der Waals surface area contributed by atoms with Gasteiger partial charge in [-0.15, -0.1) is 0 Å². The van der Waals surface area contributed by atoms with Crippen LogP contribution in [0.2, 0.25) is 0 Å². The van der Waals surface area contributed by atoms with E-state index >= 15 is 0 Å². The SMILES string of the molecule is COCCN(CC(=O)N1N=C(c2ccc(OC)cc2OC)CC1c1ccc(OC)cc1)C(=O)C1CCCC1. The van der Waals surface area contributed by atoms with Crippen molar-refractivity contribution in [3.05, 3.63) is 53.6 Å². The summed E-state index contributed by atoms with van der Waals surface area (Å²) in [6, 6.07) is 12.8. The van der Waals surface area contributed by atoms with Crippen molar-refractivity contribution in [3.8, 4) is 17.2 Å². The first-order valence-corrected chi connectivity index (χ1v) is 13.0. The third-order valence-electron chi connectivity index (χ3n) is 7.29. The van der Waals surface area contributed by atoms with E-state index < -0.39 is 0 Å². The molecule has 0 aromatic heterocycles. The number of methoxy groups -OCH3 is 4. The Hall–Kier alpha value is -3.59. The van der Waals surface area contributed by atoms with Crippen LogP contribution in [0.3, 0.4) is 0 Å². The molecular weight excluding hydrogens is 486 g/mol. The molecular formula is C29H37N3O6. The van der Waals surface area contributed by atoms with Gasteiger partial charge in [-0.3, -0.25) is 9.59 Å². The van der Waals surface area contributed by atoms with Gasteiger partial charge >= 0.3 is 0 Å². The Morgan fingerprint density at radius 3 is 2.26 bits per heavy atom. The Labute approximate surface area is 224 Å². The molecule has 0 spiro atoms. The first-order valence-electron chi connectivity index (χ1n) is 13.0. The number of nitrogens with zero attached hydrogens (tertiary/aromatic N) is 3. The molecule has 1 aliphatic heterocycles. The average Bonchev–Trinajstić information content (AvgIpc) is 3.65. The molecule has 2 amide bonds. The number of carbonyl (C=O) groups excluding carboxylic acids is 2. The predicted molar refractivity (Wildman–Crippen MR) is 144 cm³/mol. The molecule has 0 radical (unpaired) electrons. The Bertz CT molecular complexity index is 1140. The van der Waals surface area contributed by atoms with Gasteiger partial charge < -0.3 is 23.8 Å². The summed E-state index contributed by atoms with van der Waals surface area (Å²) in [5.41, 5.74) is 2.44. The van der Waals surface area contributed by atoms with Crippen molar-refractivity contribution in [1.29, 1.82) is 0 Å². The van der Waals surface area contributed by atoms with Crippen LogP contribution in [0.1, 0.15) is 49.3 Å². The summed E-state index contributed by atoms with van der Waals surface area (Å²) >= 11 is 0. The van der Waals surface area contributed by atoms with E-state index in [1.807, 2.05) is 36.4 Å². The van der Waals surface area contributed by atoms with Gasteiger partial charge in [0.2, 0.25) is 5.91 Å². The highest BCUT2D eigenvalue weighted by Gasteiger charge is 2.36. The van der Waals surface area contributed by atoms with Gasteiger partial charge in [0.1, 0.15) is 23.8 Å². The second-order valence-electron chi connectivity index (χ2n) is 9.58. The maximum Gasteiger partial charge on any atom is 0.262 e. The molecule has 2 aromatic rings. The van der Waals surface area contributed by atoms with E-state index in [9.17, 15) is 9.59 Å². The molecule has 204 valence electrons. The van der Waals surface area contributed by atoms with Gasteiger partial charge in [0.25, 0.3) is 5.91 Å². The molecule has 9 heteroatoms. The molecule has 0 N–H and O–H groups in total. The minimum absolute atomic E-state index is 0.0223. The number of hydrazone groups is 1. The number of rotatable bonds is 11. The molecule has 2 aliphatic rings. The van der Waals surface area contributed by atoms with Crippen LogP contribution in [0.4, 0.5) is 0 Å². The summed E-state index contributed by atoms with van der Waals surface area (Å²) in [4.78, 5) is 28.7. The smallest absolute Gasteiger partial charge is 0.262 e. The fourth-order valence-electron chi connectivity index (χ4n) is 5.16. The number of amides is 2. The lowest BCUT2D eigenvalue weighted by Gasteiger charge is -2.28. The van der Waals surface area contributed by atoms with Gasteiger partial charge in [-0.25, -0.2) is 5.01 Å². The summed E-state index contributed by atoms with van der Waals surface area (Å²) in [5, 5.41) is 6.31. The highest BCUT2D eigenvalue weighted by molar-refractivity contribution is 6.05. The van der Waals surface area contributed by atoms with Crippen LogP contribution < -0.4 is 14.2 Å². The van der Waals surface area contributed by atoms with Gasteiger partial charge in [0.05, 0.1) is 39.7 Å².